The molecule has 0 aliphatic carbocycles. The summed E-state index contributed by atoms with van der Waals surface area (Å²) in [5.41, 5.74) is 3.78. The fourth-order valence-electron chi connectivity index (χ4n) is 3.37. The third-order valence-corrected chi connectivity index (χ3v) is 6.03. The number of hydrogen-bond acceptors (Lipinski definition) is 5. The van der Waals surface area contributed by atoms with Gasteiger partial charge in [-0.15, -0.1) is 16.8 Å². The molecule has 0 aliphatic heterocycles. The van der Waals surface area contributed by atoms with Crippen molar-refractivity contribution in [2.24, 2.45) is 0 Å². The molecule has 0 spiro atoms. The zero-order chi connectivity index (χ0) is 22.0. The van der Waals surface area contributed by atoms with E-state index in [1.165, 1.54) is 11.8 Å². The maximum atomic E-state index is 12.5. The highest BCUT2D eigenvalue weighted by molar-refractivity contribution is 9.10. The highest BCUT2D eigenvalue weighted by atomic mass is 79.9. The molecule has 1 N–H and O–H groups in total. The molecule has 0 fully saturated rings. The second-order valence-corrected chi connectivity index (χ2v) is 9.07. The normalized spacial score (nSPS) is 11.1. The number of thioether (sulfide) groups is 1. The van der Waals surface area contributed by atoms with Crippen LogP contribution in [0.1, 0.15) is 11.1 Å². The number of carbonyl (C=O) groups excluding carboxylic acids is 1. The van der Waals surface area contributed by atoms with E-state index >= 15 is 0 Å². The lowest BCUT2D eigenvalue weighted by atomic mass is 10.1. The summed E-state index contributed by atoms with van der Waals surface area (Å²) in [5, 5.41) is 13.1. The largest absolute Gasteiger partial charge is 0.453 e. The van der Waals surface area contributed by atoms with Crippen molar-refractivity contribution in [1.82, 2.24) is 14.8 Å². The van der Waals surface area contributed by atoms with Crippen LogP contribution in [0.25, 0.3) is 22.6 Å². The Kier molecular flexibility index (Phi) is 6.29. The Morgan fingerprint density at radius 3 is 2.71 bits per heavy atom. The van der Waals surface area contributed by atoms with Crippen molar-refractivity contribution in [1.29, 1.82) is 0 Å². The standard InChI is InChI=1S/C23H21BrN4O2S/c1-4-7-28-22(20-12-16-11-17(24)5-6-19(16)30-20)26-27-23(28)31-13-21(29)25-18-9-14(2)8-15(3)10-18/h4-6,8-12H,1,7,13H2,2-3H3,(H,25,29). The summed E-state index contributed by atoms with van der Waals surface area (Å²) in [7, 11) is 0. The SMILES string of the molecule is C=CCn1c(SCC(=O)Nc2cc(C)cc(C)c2)nnc1-c1cc2cc(Br)ccc2o1. The molecule has 4 aromatic rings. The van der Waals surface area contributed by atoms with Crippen LogP contribution < -0.4 is 5.32 Å². The molecular weight excluding hydrogens is 476 g/mol. The molecule has 0 bridgehead atoms. The van der Waals surface area contributed by atoms with E-state index in [4.69, 9.17) is 4.42 Å². The Bertz CT molecular complexity index is 1260. The van der Waals surface area contributed by atoms with Gasteiger partial charge in [0.05, 0.1) is 5.75 Å². The number of hydrogen-bond donors (Lipinski definition) is 1. The fraction of sp³-hybridized carbons (Fsp3) is 0.174. The Hall–Kier alpha value is -2.84. The van der Waals surface area contributed by atoms with Crippen LogP contribution in [0.3, 0.4) is 0 Å². The predicted octanol–water partition coefficient (Wildman–Crippen LogP) is 5.99. The molecule has 158 valence electrons. The molecule has 1 amide bonds. The fourth-order valence-corrected chi connectivity index (χ4v) is 4.50. The number of carbonyl (C=O) groups is 1. The van der Waals surface area contributed by atoms with Crippen molar-refractivity contribution >= 4 is 50.3 Å². The van der Waals surface area contributed by atoms with Crippen LogP contribution in [0.15, 0.2) is 69.2 Å². The van der Waals surface area contributed by atoms with Gasteiger partial charge in [-0.05, 0) is 61.4 Å². The van der Waals surface area contributed by atoms with E-state index in [0.29, 0.717) is 23.3 Å². The Morgan fingerprint density at radius 2 is 1.97 bits per heavy atom. The lowest BCUT2D eigenvalue weighted by Crippen LogP contribution is -2.15. The topological polar surface area (TPSA) is 73.0 Å². The van der Waals surface area contributed by atoms with Gasteiger partial charge >= 0.3 is 0 Å². The molecule has 0 unspecified atom stereocenters. The second kappa shape index (κ2) is 9.11. The van der Waals surface area contributed by atoms with Gasteiger partial charge in [0.15, 0.2) is 10.9 Å². The van der Waals surface area contributed by atoms with E-state index in [-0.39, 0.29) is 11.7 Å². The Balaban J connectivity index is 1.52. The maximum absolute atomic E-state index is 12.5. The van der Waals surface area contributed by atoms with E-state index in [9.17, 15) is 4.79 Å². The van der Waals surface area contributed by atoms with Crippen LogP contribution in [-0.2, 0) is 11.3 Å². The number of allylic oxidation sites excluding steroid dienone is 1. The minimum absolute atomic E-state index is 0.0988. The molecule has 0 atom stereocenters. The molecule has 2 aromatic carbocycles. The van der Waals surface area contributed by atoms with Crippen molar-refractivity contribution in [3.63, 3.8) is 0 Å². The lowest BCUT2D eigenvalue weighted by Gasteiger charge is -2.08. The molecule has 2 aromatic heterocycles. The first-order valence-corrected chi connectivity index (χ1v) is 11.5. The van der Waals surface area contributed by atoms with Crippen LogP contribution in [0.5, 0.6) is 0 Å². The van der Waals surface area contributed by atoms with Gasteiger partial charge in [-0.1, -0.05) is 39.8 Å². The van der Waals surface area contributed by atoms with Crippen LogP contribution in [-0.4, -0.2) is 26.4 Å². The number of halogens is 1. The molecular formula is C23H21BrN4O2S. The minimum Gasteiger partial charge on any atom is -0.453 e. The quantitative estimate of drug-likeness (QED) is 0.251. The molecule has 4 rings (SSSR count). The van der Waals surface area contributed by atoms with Crippen LogP contribution in [0.4, 0.5) is 5.69 Å². The Labute approximate surface area is 192 Å². The van der Waals surface area contributed by atoms with Crippen molar-refractivity contribution in [3.8, 4) is 11.6 Å². The first kappa shape index (κ1) is 21.4. The summed E-state index contributed by atoms with van der Waals surface area (Å²) in [6, 6.07) is 13.7. The molecule has 0 aliphatic rings. The minimum atomic E-state index is -0.0988. The summed E-state index contributed by atoms with van der Waals surface area (Å²) in [4.78, 5) is 12.5. The van der Waals surface area contributed by atoms with Gasteiger partial charge in [0.1, 0.15) is 5.58 Å². The van der Waals surface area contributed by atoms with E-state index in [0.717, 1.165) is 32.3 Å². The first-order valence-electron chi connectivity index (χ1n) is 9.67. The third-order valence-electron chi connectivity index (χ3n) is 4.57. The monoisotopic (exact) mass is 496 g/mol. The van der Waals surface area contributed by atoms with Crippen molar-refractivity contribution in [3.05, 3.63) is 70.7 Å². The summed E-state index contributed by atoms with van der Waals surface area (Å²) in [5.74, 6) is 1.34. The third kappa shape index (κ3) is 4.91. The van der Waals surface area contributed by atoms with Gasteiger partial charge in [-0.25, -0.2) is 0 Å². The number of aromatic nitrogens is 3. The number of amides is 1. The van der Waals surface area contributed by atoms with Gasteiger partial charge in [-0.2, -0.15) is 0 Å². The molecule has 6 nitrogen and oxygen atoms in total. The van der Waals surface area contributed by atoms with Gasteiger partial charge in [0, 0.05) is 22.1 Å². The molecule has 0 radical (unpaired) electrons. The zero-order valence-corrected chi connectivity index (χ0v) is 19.6. The number of furan rings is 1. The zero-order valence-electron chi connectivity index (χ0n) is 17.2. The molecule has 2 heterocycles. The predicted molar refractivity (Wildman–Crippen MR) is 128 cm³/mol. The number of fused-ring (bicyclic) bond motifs is 1. The Morgan fingerprint density at radius 1 is 1.19 bits per heavy atom. The number of benzene rings is 2. The van der Waals surface area contributed by atoms with Crippen LogP contribution in [0.2, 0.25) is 0 Å². The maximum Gasteiger partial charge on any atom is 0.234 e. The average molecular weight is 497 g/mol. The highest BCUT2D eigenvalue weighted by Gasteiger charge is 2.18. The second-order valence-electron chi connectivity index (χ2n) is 7.21. The smallest absolute Gasteiger partial charge is 0.234 e. The van der Waals surface area contributed by atoms with Crippen molar-refractivity contribution in [2.75, 3.05) is 11.1 Å². The lowest BCUT2D eigenvalue weighted by molar-refractivity contribution is -0.113. The van der Waals surface area contributed by atoms with E-state index in [2.05, 4.69) is 44.1 Å². The van der Waals surface area contributed by atoms with Crippen LogP contribution in [0, 0.1) is 13.8 Å². The van der Waals surface area contributed by atoms with Gasteiger partial charge in [0.25, 0.3) is 0 Å². The summed E-state index contributed by atoms with van der Waals surface area (Å²) in [6.45, 7) is 8.35. The highest BCUT2D eigenvalue weighted by Crippen LogP contribution is 2.31. The van der Waals surface area contributed by atoms with E-state index in [1.54, 1.807) is 6.08 Å². The summed E-state index contributed by atoms with van der Waals surface area (Å²) >= 11 is 4.81. The van der Waals surface area contributed by atoms with E-state index < -0.39 is 0 Å². The number of rotatable bonds is 7. The number of nitrogens with zero attached hydrogens (tertiary/aromatic N) is 3. The van der Waals surface area contributed by atoms with Crippen molar-refractivity contribution < 1.29 is 9.21 Å². The number of anilines is 1. The molecule has 31 heavy (non-hydrogen) atoms. The summed E-state index contributed by atoms with van der Waals surface area (Å²) < 4.78 is 8.84. The summed E-state index contributed by atoms with van der Waals surface area (Å²) in [6.07, 6.45) is 1.77. The molecule has 0 saturated heterocycles. The van der Waals surface area contributed by atoms with Gasteiger partial charge < -0.3 is 9.73 Å². The van der Waals surface area contributed by atoms with Gasteiger partial charge in [-0.3, -0.25) is 9.36 Å². The molecule has 8 heteroatoms. The first-order chi connectivity index (χ1) is 14.9. The number of aryl methyl sites for hydroxylation is 2. The number of nitrogens with one attached hydrogen (secondary N) is 1. The van der Waals surface area contributed by atoms with Gasteiger partial charge in [0.2, 0.25) is 11.7 Å². The molecule has 0 saturated carbocycles. The van der Waals surface area contributed by atoms with Crippen molar-refractivity contribution in [2.45, 2.75) is 25.5 Å². The average Bonchev–Trinajstić information content (AvgIpc) is 3.29. The van der Waals surface area contributed by atoms with E-state index in [1.807, 2.05) is 54.8 Å². The van der Waals surface area contributed by atoms with Crippen LogP contribution >= 0.6 is 27.7 Å².